The lowest BCUT2D eigenvalue weighted by molar-refractivity contribution is -0.121. The van der Waals surface area contributed by atoms with E-state index in [0.717, 1.165) is 0 Å². The van der Waals surface area contributed by atoms with Crippen molar-refractivity contribution in [3.8, 4) is 0 Å². The first-order chi connectivity index (χ1) is 8.63. The van der Waals surface area contributed by atoms with Gasteiger partial charge in [-0.3, -0.25) is 9.59 Å². The molecule has 0 aliphatic carbocycles. The lowest BCUT2D eigenvalue weighted by Crippen LogP contribution is -2.27. The molecule has 0 saturated carbocycles. The maximum absolute atomic E-state index is 11.7. The highest BCUT2D eigenvalue weighted by Crippen LogP contribution is 2.09. The first kappa shape index (κ1) is 14.5. The molecule has 2 amide bonds. The number of amides is 2. The molecule has 2 N–H and O–H groups in total. The van der Waals surface area contributed by atoms with Crippen LogP contribution in [0.3, 0.4) is 0 Å². The van der Waals surface area contributed by atoms with E-state index < -0.39 is 0 Å². The number of carbonyl (C=O) groups excluding carboxylic acids is 2. The molecule has 18 heavy (non-hydrogen) atoms. The van der Waals surface area contributed by atoms with Gasteiger partial charge in [0.1, 0.15) is 0 Å². The van der Waals surface area contributed by atoms with Crippen molar-refractivity contribution in [3.63, 3.8) is 0 Å². The Morgan fingerprint density at radius 2 is 1.83 bits per heavy atom. The van der Waals surface area contributed by atoms with E-state index in [4.69, 9.17) is 11.6 Å². The minimum Gasteiger partial charge on any atom is -0.356 e. The largest absolute Gasteiger partial charge is 0.356 e. The van der Waals surface area contributed by atoms with Gasteiger partial charge in [0, 0.05) is 30.1 Å². The molecule has 0 heterocycles. The van der Waals surface area contributed by atoms with Gasteiger partial charge in [0.25, 0.3) is 5.91 Å². The average molecular weight is 269 g/mol. The lowest BCUT2D eigenvalue weighted by atomic mass is 10.2. The molecule has 0 aliphatic rings. The Morgan fingerprint density at radius 3 is 2.44 bits per heavy atom. The second-order valence-corrected chi connectivity index (χ2v) is 4.26. The number of halogens is 1. The zero-order valence-electron chi connectivity index (χ0n) is 10.3. The van der Waals surface area contributed by atoms with Gasteiger partial charge >= 0.3 is 0 Å². The molecule has 0 unspecified atom stereocenters. The van der Waals surface area contributed by atoms with E-state index >= 15 is 0 Å². The summed E-state index contributed by atoms with van der Waals surface area (Å²) in [6.07, 6.45) is 1.06. The summed E-state index contributed by atoms with van der Waals surface area (Å²) in [6, 6.07) is 6.68. The highest BCUT2D eigenvalue weighted by atomic mass is 35.5. The Morgan fingerprint density at radius 1 is 1.17 bits per heavy atom. The summed E-state index contributed by atoms with van der Waals surface area (Å²) in [4.78, 5) is 22.8. The molecule has 0 aromatic heterocycles. The molecule has 0 bridgehead atoms. The van der Waals surface area contributed by atoms with Gasteiger partial charge in [-0.2, -0.15) is 0 Å². The van der Waals surface area contributed by atoms with Crippen molar-refractivity contribution in [1.82, 2.24) is 10.6 Å². The van der Waals surface area contributed by atoms with Gasteiger partial charge in [-0.1, -0.05) is 11.6 Å². The van der Waals surface area contributed by atoms with E-state index in [1.54, 1.807) is 24.3 Å². The van der Waals surface area contributed by atoms with E-state index in [9.17, 15) is 9.59 Å². The van der Waals surface area contributed by atoms with Crippen LogP contribution in [-0.2, 0) is 4.79 Å². The van der Waals surface area contributed by atoms with Crippen LogP contribution in [0.1, 0.15) is 30.1 Å². The molecule has 0 saturated heterocycles. The van der Waals surface area contributed by atoms with E-state index in [0.29, 0.717) is 36.5 Å². The first-order valence-electron chi connectivity index (χ1n) is 5.94. The van der Waals surface area contributed by atoms with Crippen LogP contribution in [0.5, 0.6) is 0 Å². The Kier molecular flexibility index (Phi) is 6.22. The minimum absolute atomic E-state index is 0.0123. The molecule has 1 aromatic rings. The van der Waals surface area contributed by atoms with Crippen LogP contribution in [0.2, 0.25) is 5.02 Å². The van der Waals surface area contributed by atoms with Crippen molar-refractivity contribution in [2.75, 3.05) is 13.1 Å². The zero-order valence-corrected chi connectivity index (χ0v) is 11.1. The molecule has 0 atom stereocenters. The van der Waals surface area contributed by atoms with Crippen LogP contribution in [0.15, 0.2) is 24.3 Å². The number of rotatable bonds is 6. The Hall–Kier alpha value is -1.55. The molecule has 1 rings (SSSR count). The normalized spacial score (nSPS) is 9.89. The Labute approximate surface area is 112 Å². The third-order valence-corrected chi connectivity index (χ3v) is 2.60. The van der Waals surface area contributed by atoms with Crippen molar-refractivity contribution >= 4 is 23.4 Å². The van der Waals surface area contributed by atoms with Crippen molar-refractivity contribution in [2.24, 2.45) is 0 Å². The van der Waals surface area contributed by atoms with Crippen molar-refractivity contribution in [1.29, 1.82) is 0 Å². The van der Waals surface area contributed by atoms with E-state index in [-0.39, 0.29) is 11.8 Å². The number of hydrogen-bond donors (Lipinski definition) is 2. The molecular formula is C13H17ClN2O2. The van der Waals surface area contributed by atoms with E-state index in [1.807, 2.05) is 6.92 Å². The highest BCUT2D eigenvalue weighted by Gasteiger charge is 2.05. The summed E-state index contributed by atoms with van der Waals surface area (Å²) in [5.41, 5.74) is 0.567. The minimum atomic E-state index is -0.150. The summed E-state index contributed by atoms with van der Waals surface area (Å²) in [5, 5.41) is 6.06. The molecule has 0 spiro atoms. The second kappa shape index (κ2) is 7.71. The van der Waals surface area contributed by atoms with Gasteiger partial charge in [-0.25, -0.2) is 0 Å². The number of nitrogens with one attached hydrogen (secondary N) is 2. The fourth-order valence-corrected chi connectivity index (χ4v) is 1.57. The third-order valence-electron chi connectivity index (χ3n) is 2.35. The number of benzene rings is 1. The maximum Gasteiger partial charge on any atom is 0.251 e. The molecule has 4 nitrogen and oxygen atoms in total. The van der Waals surface area contributed by atoms with Gasteiger partial charge in [0.15, 0.2) is 0 Å². The van der Waals surface area contributed by atoms with Gasteiger partial charge in [0.2, 0.25) is 5.91 Å². The Balaban J connectivity index is 2.25. The second-order valence-electron chi connectivity index (χ2n) is 3.82. The summed E-state index contributed by atoms with van der Waals surface area (Å²) < 4.78 is 0. The van der Waals surface area contributed by atoms with E-state index in [2.05, 4.69) is 10.6 Å². The van der Waals surface area contributed by atoms with E-state index in [1.165, 1.54) is 0 Å². The van der Waals surface area contributed by atoms with Gasteiger partial charge in [-0.05, 0) is 37.6 Å². The van der Waals surface area contributed by atoms with Crippen LogP contribution in [0.25, 0.3) is 0 Å². The molecule has 0 aliphatic heterocycles. The van der Waals surface area contributed by atoms with Crippen LogP contribution in [0.4, 0.5) is 0 Å². The molecule has 5 heteroatoms. The monoisotopic (exact) mass is 268 g/mol. The quantitative estimate of drug-likeness (QED) is 0.775. The molecule has 1 aromatic carbocycles. The van der Waals surface area contributed by atoms with Gasteiger partial charge < -0.3 is 10.6 Å². The summed E-state index contributed by atoms with van der Waals surface area (Å²) in [5.74, 6) is -0.138. The maximum atomic E-state index is 11.7. The van der Waals surface area contributed by atoms with Crippen LogP contribution in [-0.4, -0.2) is 24.9 Å². The predicted molar refractivity (Wildman–Crippen MR) is 71.7 cm³/mol. The highest BCUT2D eigenvalue weighted by molar-refractivity contribution is 6.30. The lowest BCUT2D eigenvalue weighted by Gasteiger charge is -2.05. The van der Waals surface area contributed by atoms with Crippen molar-refractivity contribution < 1.29 is 9.59 Å². The molecular weight excluding hydrogens is 252 g/mol. The van der Waals surface area contributed by atoms with Crippen LogP contribution >= 0.6 is 11.6 Å². The fourth-order valence-electron chi connectivity index (χ4n) is 1.44. The topological polar surface area (TPSA) is 58.2 Å². The van der Waals surface area contributed by atoms with Crippen molar-refractivity contribution in [2.45, 2.75) is 19.8 Å². The van der Waals surface area contributed by atoms with Crippen molar-refractivity contribution in [3.05, 3.63) is 34.9 Å². The molecule has 0 fully saturated rings. The smallest absolute Gasteiger partial charge is 0.251 e. The fraction of sp³-hybridized carbons (Fsp3) is 0.385. The zero-order chi connectivity index (χ0) is 13.4. The van der Waals surface area contributed by atoms with Gasteiger partial charge in [-0.15, -0.1) is 0 Å². The average Bonchev–Trinajstić information content (AvgIpc) is 2.35. The third kappa shape index (κ3) is 5.19. The van der Waals surface area contributed by atoms with Crippen LogP contribution < -0.4 is 10.6 Å². The summed E-state index contributed by atoms with van der Waals surface area (Å²) in [7, 11) is 0. The summed E-state index contributed by atoms with van der Waals surface area (Å²) in [6.45, 7) is 2.99. The number of hydrogen-bond acceptors (Lipinski definition) is 2. The molecule has 98 valence electrons. The van der Waals surface area contributed by atoms with Crippen LogP contribution in [0, 0.1) is 0 Å². The SMILES string of the molecule is CCNC(=O)CCCNC(=O)c1ccc(Cl)cc1. The summed E-state index contributed by atoms with van der Waals surface area (Å²) >= 11 is 5.73. The standard InChI is InChI=1S/C13H17ClN2O2/c1-2-15-12(17)4-3-9-16-13(18)10-5-7-11(14)8-6-10/h5-8H,2-4,9H2,1H3,(H,15,17)(H,16,18). The van der Waals surface area contributed by atoms with Gasteiger partial charge in [0.05, 0.1) is 0 Å². The first-order valence-corrected chi connectivity index (χ1v) is 6.31. The number of carbonyl (C=O) groups is 2. The Bertz CT molecular complexity index is 404. The molecule has 0 radical (unpaired) electrons. The predicted octanol–water partition coefficient (Wildman–Crippen LogP) is 1.99.